The van der Waals surface area contributed by atoms with E-state index in [-0.39, 0.29) is 0 Å². The molecule has 3 nitrogen and oxygen atoms in total. The maximum atomic E-state index is 5.65. The molecule has 1 aliphatic heterocycles. The van der Waals surface area contributed by atoms with Crippen LogP contribution in [-0.2, 0) is 13.0 Å². The fourth-order valence-corrected chi connectivity index (χ4v) is 3.66. The van der Waals surface area contributed by atoms with Gasteiger partial charge in [0, 0.05) is 30.3 Å². The predicted molar refractivity (Wildman–Crippen MR) is 93.1 cm³/mol. The second-order valence-electron chi connectivity index (χ2n) is 6.29. The Morgan fingerprint density at radius 1 is 1.04 bits per heavy atom. The van der Waals surface area contributed by atoms with Crippen LogP contribution < -0.4 is 9.47 Å². The van der Waals surface area contributed by atoms with Gasteiger partial charge in [-0.2, -0.15) is 0 Å². The zero-order chi connectivity index (χ0) is 16.4. The molecule has 0 spiro atoms. The van der Waals surface area contributed by atoms with Crippen LogP contribution >= 0.6 is 0 Å². The number of fused-ring (bicyclic) bond motifs is 1. The first kappa shape index (κ1) is 15.9. The fraction of sp³-hybridized carbons (Fsp3) is 0.400. The Morgan fingerprint density at radius 2 is 1.78 bits per heavy atom. The lowest BCUT2D eigenvalue weighted by Crippen LogP contribution is -2.40. The Balaban J connectivity index is 1.96. The summed E-state index contributed by atoms with van der Waals surface area (Å²) in [4.78, 5) is 2.55. The lowest BCUT2D eigenvalue weighted by Gasteiger charge is -2.41. The first-order valence-corrected chi connectivity index (χ1v) is 8.18. The Kier molecular flexibility index (Phi) is 4.58. The predicted octanol–water partition coefficient (Wildman–Crippen LogP) is 4.21. The molecule has 2 aromatic rings. The van der Waals surface area contributed by atoms with Crippen molar-refractivity contribution in [3.05, 3.63) is 59.2 Å². The molecule has 23 heavy (non-hydrogen) atoms. The van der Waals surface area contributed by atoms with E-state index >= 15 is 0 Å². The molecule has 2 atom stereocenters. The van der Waals surface area contributed by atoms with Crippen molar-refractivity contribution in [3.63, 3.8) is 0 Å². The van der Waals surface area contributed by atoms with E-state index in [4.69, 9.17) is 9.47 Å². The van der Waals surface area contributed by atoms with Gasteiger partial charge in [-0.3, -0.25) is 4.90 Å². The van der Waals surface area contributed by atoms with Crippen LogP contribution in [0.1, 0.15) is 36.6 Å². The van der Waals surface area contributed by atoms with Gasteiger partial charge in [-0.25, -0.2) is 0 Å². The fourth-order valence-electron chi connectivity index (χ4n) is 3.66. The summed E-state index contributed by atoms with van der Waals surface area (Å²) in [5.74, 6) is 1.80. The molecule has 0 unspecified atom stereocenters. The lowest BCUT2D eigenvalue weighted by molar-refractivity contribution is 0.126. The average molecular weight is 311 g/mol. The van der Waals surface area contributed by atoms with Crippen molar-refractivity contribution < 1.29 is 9.47 Å². The standard InChI is InChI=1S/C20H25NO2/c1-14-10-17-11-18(22-3)12-19(23-4)20(17)15(2)21(14)13-16-8-6-5-7-9-16/h5-9,11-12,14-15H,10,13H2,1-4H3/t14-,15+/m1/s1. The van der Waals surface area contributed by atoms with Gasteiger partial charge in [0.25, 0.3) is 0 Å². The third-order valence-corrected chi connectivity index (χ3v) is 4.86. The quantitative estimate of drug-likeness (QED) is 0.844. The first-order chi connectivity index (χ1) is 11.1. The monoisotopic (exact) mass is 311 g/mol. The second-order valence-corrected chi connectivity index (χ2v) is 6.29. The minimum absolute atomic E-state index is 0.315. The van der Waals surface area contributed by atoms with Gasteiger partial charge < -0.3 is 9.47 Å². The molecule has 122 valence electrons. The van der Waals surface area contributed by atoms with Crippen LogP contribution in [0.2, 0.25) is 0 Å². The maximum absolute atomic E-state index is 5.65. The SMILES string of the molecule is COc1cc2c(c(OC)c1)[C@H](C)N(Cc1ccccc1)[C@H](C)C2. The highest BCUT2D eigenvalue weighted by molar-refractivity contribution is 5.50. The lowest BCUT2D eigenvalue weighted by atomic mass is 9.88. The zero-order valence-corrected chi connectivity index (χ0v) is 14.4. The summed E-state index contributed by atoms with van der Waals surface area (Å²) in [6.45, 7) is 5.53. The van der Waals surface area contributed by atoms with Crippen LogP contribution in [0.15, 0.2) is 42.5 Å². The zero-order valence-electron chi connectivity index (χ0n) is 14.4. The minimum atomic E-state index is 0.315. The van der Waals surface area contributed by atoms with E-state index in [1.807, 2.05) is 6.07 Å². The molecule has 1 heterocycles. The minimum Gasteiger partial charge on any atom is -0.497 e. The van der Waals surface area contributed by atoms with E-state index < -0.39 is 0 Å². The molecule has 0 N–H and O–H groups in total. The highest BCUT2D eigenvalue weighted by atomic mass is 16.5. The third-order valence-electron chi connectivity index (χ3n) is 4.86. The van der Waals surface area contributed by atoms with Crippen LogP contribution in [0.3, 0.4) is 0 Å². The molecule has 1 aliphatic rings. The van der Waals surface area contributed by atoms with E-state index in [2.05, 4.69) is 55.1 Å². The molecule has 0 amide bonds. The maximum Gasteiger partial charge on any atom is 0.127 e. The smallest absolute Gasteiger partial charge is 0.127 e. The first-order valence-electron chi connectivity index (χ1n) is 8.18. The van der Waals surface area contributed by atoms with Crippen LogP contribution in [-0.4, -0.2) is 25.2 Å². The third kappa shape index (κ3) is 3.06. The number of benzene rings is 2. The summed E-state index contributed by atoms with van der Waals surface area (Å²) >= 11 is 0. The van der Waals surface area contributed by atoms with E-state index in [9.17, 15) is 0 Å². The molecule has 3 heteroatoms. The van der Waals surface area contributed by atoms with E-state index in [0.717, 1.165) is 24.5 Å². The molecule has 0 bridgehead atoms. The number of rotatable bonds is 4. The van der Waals surface area contributed by atoms with Crippen molar-refractivity contribution in [2.24, 2.45) is 0 Å². The Bertz CT molecular complexity index is 669. The molecule has 0 aliphatic carbocycles. The van der Waals surface area contributed by atoms with Crippen molar-refractivity contribution in [2.75, 3.05) is 14.2 Å². The molecule has 0 radical (unpaired) electrons. The van der Waals surface area contributed by atoms with Crippen molar-refractivity contribution in [3.8, 4) is 11.5 Å². The Morgan fingerprint density at radius 3 is 2.43 bits per heavy atom. The molecular weight excluding hydrogens is 286 g/mol. The Labute approximate surface area is 138 Å². The van der Waals surface area contributed by atoms with Crippen molar-refractivity contribution in [1.29, 1.82) is 0 Å². The van der Waals surface area contributed by atoms with E-state index in [1.165, 1.54) is 16.7 Å². The summed E-state index contributed by atoms with van der Waals surface area (Å²) in [5.41, 5.74) is 3.98. The van der Waals surface area contributed by atoms with Crippen LogP contribution in [0, 0.1) is 0 Å². The number of methoxy groups -OCH3 is 2. The summed E-state index contributed by atoms with van der Waals surface area (Å²) in [6.07, 6.45) is 1.01. The number of nitrogens with zero attached hydrogens (tertiary/aromatic N) is 1. The van der Waals surface area contributed by atoms with Gasteiger partial charge in [-0.05, 0) is 37.5 Å². The molecule has 0 fully saturated rings. The van der Waals surface area contributed by atoms with Gasteiger partial charge in [0.05, 0.1) is 14.2 Å². The van der Waals surface area contributed by atoms with Crippen molar-refractivity contribution >= 4 is 0 Å². The van der Waals surface area contributed by atoms with E-state index in [1.54, 1.807) is 14.2 Å². The van der Waals surface area contributed by atoms with Gasteiger partial charge in [0.15, 0.2) is 0 Å². The highest BCUT2D eigenvalue weighted by Crippen LogP contribution is 2.41. The largest absolute Gasteiger partial charge is 0.497 e. The normalized spacial score (nSPS) is 20.9. The van der Waals surface area contributed by atoms with Crippen LogP contribution in [0.5, 0.6) is 11.5 Å². The summed E-state index contributed by atoms with van der Waals surface area (Å²) < 4.78 is 11.1. The number of hydrogen-bond acceptors (Lipinski definition) is 3. The van der Waals surface area contributed by atoms with Gasteiger partial charge in [-0.1, -0.05) is 30.3 Å². The van der Waals surface area contributed by atoms with Crippen LogP contribution in [0.25, 0.3) is 0 Å². The van der Waals surface area contributed by atoms with Crippen LogP contribution in [0.4, 0.5) is 0 Å². The average Bonchev–Trinajstić information content (AvgIpc) is 2.58. The highest BCUT2D eigenvalue weighted by Gasteiger charge is 2.32. The Hall–Kier alpha value is -2.00. The molecule has 0 saturated heterocycles. The van der Waals surface area contributed by atoms with Gasteiger partial charge in [-0.15, -0.1) is 0 Å². The molecule has 3 rings (SSSR count). The summed E-state index contributed by atoms with van der Waals surface area (Å²) in [6, 6.07) is 15.6. The number of hydrogen-bond donors (Lipinski definition) is 0. The van der Waals surface area contributed by atoms with Gasteiger partial charge >= 0.3 is 0 Å². The number of ether oxygens (including phenoxy) is 2. The molecular formula is C20H25NO2. The van der Waals surface area contributed by atoms with E-state index in [0.29, 0.717) is 12.1 Å². The van der Waals surface area contributed by atoms with Crippen molar-refractivity contribution in [1.82, 2.24) is 4.90 Å². The molecule has 2 aromatic carbocycles. The van der Waals surface area contributed by atoms with Crippen molar-refractivity contribution in [2.45, 2.75) is 38.9 Å². The second kappa shape index (κ2) is 6.63. The molecule has 0 saturated carbocycles. The summed E-state index contributed by atoms with van der Waals surface area (Å²) in [5, 5.41) is 0. The summed E-state index contributed by atoms with van der Waals surface area (Å²) in [7, 11) is 3.44. The van der Waals surface area contributed by atoms with Gasteiger partial charge in [0.1, 0.15) is 11.5 Å². The van der Waals surface area contributed by atoms with Gasteiger partial charge in [0.2, 0.25) is 0 Å². The molecule has 0 aromatic heterocycles. The topological polar surface area (TPSA) is 21.7 Å².